The summed E-state index contributed by atoms with van der Waals surface area (Å²) in [4.78, 5) is 16.9. The van der Waals surface area contributed by atoms with Gasteiger partial charge in [-0.1, -0.05) is 23.8 Å². The van der Waals surface area contributed by atoms with E-state index in [4.69, 9.17) is 36.3 Å². The molecular formula is C27H27ClN2O5. The Balaban J connectivity index is 1.85. The maximum Gasteiger partial charge on any atom is 0.203 e. The van der Waals surface area contributed by atoms with E-state index < -0.39 is 0 Å². The van der Waals surface area contributed by atoms with Crippen LogP contribution >= 0.6 is 11.6 Å². The highest BCUT2D eigenvalue weighted by Crippen LogP contribution is 2.39. The van der Waals surface area contributed by atoms with E-state index in [1.54, 1.807) is 57.9 Å². The van der Waals surface area contributed by atoms with Crippen LogP contribution in [0.1, 0.15) is 27.9 Å². The third-order valence-electron chi connectivity index (χ3n) is 5.15. The second kappa shape index (κ2) is 11.9. The van der Waals surface area contributed by atoms with E-state index in [-0.39, 0.29) is 12.2 Å². The number of carbonyl (C=O) groups excluding carboxylic acids is 1. The predicted octanol–water partition coefficient (Wildman–Crippen LogP) is 6.10. The van der Waals surface area contributed by atoms with Crippen LogP contribution in [0.5, 0.6) is 23.0 Å². The average Bonchev–Trinajstić information content (AvgIpc) is 2.86. The molecule has 8 heteroatoms. The molecule has 35 heavy (non-hydrogen) atoms. The van der Waals surface area contributed by atoms with E-state index in [0.29, 0.717) is 45.0 Å². The summed E-state index contributed by atoms with van der Waals surface area (Å²) in [6, 6.07) is 14.0. The summed E-state index contributed by atoms with van der Waals surface area (Å²) in [6.07, 6.45) is 5.43. The quantitative estimate of drug-likeness (QED) is 0.158. The van der Waals surface area contributed by atoms with Crippen molar-refractivity contribution in [3.8, 4) is 23.0 Å². The molecule has 0 atom stereocenters. The van der Waals surface area contributed by atoms with E-state index in [0.717, 1.165) is 11.1 Å². The number of nitrogens with two attached hydrogens (primary N) is 1. The van der Waals surface area contributed by atoms with Crippen LogP contribution < -0.4 is 24.7 Å². The Bertz CT molecular complexity index is 1230. The number of aliphatic imine (C=N–C) groups is 1. The van der Waals surface area contributed by atoms with E-state index in [2.05, 4.69) is 4.99 Å². The summed E-state index contributed by atoms with van der Waals surface area (Å²) in [6.45, 7) is 0. The van der Waals surface area contributed by atoms with Gasteiger partial charge in [-0.2, -0.15) is 0 Å². The highest BCUT2D eigenvalue weighted by Gasteiger charge is 2.13. The number of benzene rings is 3. The van der Waals surface area contributed by atoms with Gasteiger partial charge in [-0.05, 0) is 59.7 Å². The lowest BCUT2D eigenvalue weighted by atomic mass is 10.1. The van der Waals surface area contributed by atoms with Crippen molar-refractivity contribution in [2.45, 2.75) is 6.42 Å². The molecule has 0 unspecified atom stereocenters. The van der Waals surface area contributed by atoms with Crippen LogP contribution in [0.2, 0.25) is 5.02 Å². The molecule has 3 aromatic carbocycles. The lowest BCUT2D eigenvalue weighted by molar-refractivity contribution is 0.100. The zero-order chi connectivity index (χ0) is 25.4. The fraction of sp³-hybridized carbons (Fsp3) is 0.185. The number of halogens is 1. The standard InChI is InChI=1S/C27H27ClN2O5/c1-32-24-15-18(16-25(33-2)27(24)35-4)6-5-17-13-21(28)26(34-3)22(14-17)30-12-11-23(31)19-7-9-20(29)10-8-19/h5-10,12-16H,11,29H2,1-4H3/b6-5-,30-12?. The number of carbonyl (C=O) groups is 1. The van der Waals surface area contributed by atoms with E-state index >= 15 is 0 Å². The molecule has 0 fully saturated rings. The first-order chi connectivity index (χ1) is 16.9. The first kappa shape index (κ1) is 25.6. The van der Waals surface area contributed by atoms with E-state index in [1.807, 2.05) is 30.4 Å². The Morgan fingerprint density at radius 2 is 1.43 bits per heavy atom. The summed E-state index contributed by atoms with van der Waals surface area (Å²) in [5.41, 5.74) is 8.99. The number of nitrogens with zero attached hydrogens (tertiary/aromatic N) is 1. The molecule has 7 nitrogen and oxygen atoms in total. The number of hydrogen-bond acceptors (Lipinski definition) is 7. The Morgan fingerprint density at radius 1 is 0.857 bits per heavy atom. The maximum absolute atomic E-state index is 12.4. The van der Waals surface area contributed by atoms with Crippen molar-refractivity contribution in [3.63, 3.8) is 0 Å². The van der Waals surface area contributed by atoms with Crippen LogP contribution in [0.3, 0.4) is 0 Å². The lowest BCUT2D eigenvalue weighted by Crippen LogP contribution is -1.99. The molecule has 0 saturated carbocycles. The molecule has 3 aromatic rings. The smallest absolute Gasteiger partial charge is 0.203 e. The Labute approximate surface area is 209 Å². The molecule has 0 spiro atoms. The molecule has 3 rings (SSSR count). The first-order valence-corrected chi connectivity index (χ1v) is 11.0. The largest absolute Gasteiger partial charge is 0.493 e. The Kier molecular flexibility index (Phi) is 8.75. The number of hydrogen-bond donors (Lipinski definition) is 1. The van der Waals surface area contributed by atoms with E-state index in [9.17, 15) is 4.79 Å². The van der Waals surface area contributed by atoms with Crippen LogP contribution in [-0.2, 0) is 0 Å². The molecule has 0 aliphatic heterocycles. The summed E-state index contributed by atoms with van der Waals surface area (Å²) in [5, 5.41) is 0.400. The molecule has 0 aromatic heterocycles. The number of ether oxygens (including phenoxy) is 4. The topological polar surface area (TPSA) is 92.4 Å². The SMILES string of the molecule is COc1cc(/C=C\c2cc(Cl)c(OC)c(N=CCC(=O)c3ccc(N)cc3)c2)cc(OC)c1OC. The van der Waals surface area contributed by atoms with Gasteiger partial charge in [0.1, 0.15) is 5.69 Å². The van der Waals surface area contributed by atoms with Gasteiger partial charge < -0.3 is 24.7 Å². The Morgan fingerprint density at radius 3 is 1.97 bits per heavy atom. The molecule has 0 bridgehead atoms. The summed E-state index contributed by atoms with van der Waals surface area (Å²) in [7, 11) is 6.21. The normalized spacial score (nSPS) is 11.1. The van der Waals surface area contributed by atoms with Gasteiger partial charge in [-0.25, -0.2) is 0 Å². The van der Waals surface area contributed by atoms with Crippen molar-refractivity contribution in [1.82, 2.24) is 0 Å². The highest BCUT2D eigenvalue weighted by molar-refractivity contribution is 6.32. The number of Topliss-reactive ketones (excluding diaryl/α,β-unsaturated/α-hetero) is 1. The van der Waals surface area contributed by atoms with Gasteiger partial charge in [0.2, 0.25) is 5.75 Å². The fourth-order valence-corrected chi connectivity index (χ4v) is 3.70. The second-order valence-electron chi connectivity index (χ2n) is 7.41. The zero-order valence-electron chi connectivity index (χ0n) is 20.0. The van der Waals surface area contributed by atoms with Crippen LogP contribution in [0.25, 0.3) is 12.2 Å². The molecule has 0 radical (unpaired) electrons. The second-order valence-corrected chi connectivity index (χ2v) is 7.82. The summed E-state index contributed by atoms with van der Waals surface area (Å²) >= 11 is 6.44. The van der Waals surface area contributed by atoms with Gasteiger partial charge in [0.25, 0.3) is 0 Å². The predicted molar refractivity (Wildman–Crippen MR) is 141 cm³/mol. The van der Waals surface area contributed by atoms with Crippen molar-refractivity contribution >= 4 is 47.1 Å². The van der Waals surface area contributed by atoms with Crippen molar-refractivity contribution < 1.29 is 23.7 Å². The van der Waals surface area contributed by atoms with Crippen LogP contribution in [0, 0.1) is 0 Å². The molecule has 0 aliphatic rings. The van der Waals surface area contributed by atoms with Gasteiger partial charge in [0.05, 0.1) is 33.5 Å². The fourth-order valence-electron chi connectivity index (χ4n) is 3.40. The van der Waals surface area contributed by atoms with Crippen molar-refractivity contribution in [1.29, 1.82) is 0 Å². The number of rotatable bonds is 10. The minimum absolute atomic E-state index is 0.0720. The van der Waals surface area contributed by atoms with Crippen molar-refractivity contribution in [2.24, 2.45) is 4.99 Å². The van der Waals surface area contributed by atoms with Crippen molar-refractivity contribution in [2.75, 3.05) is 34.2 Å². The van der Waals surface area contributed by atoms with Crippen LogP contribution in [0.15, 0.2) is 53.5 Å². The third-order valence-corrected chi connectivity index (χ3v) is 5.43. The molecule has 0 heterocycles. The van der Waals surface area contributed by atoms with Gasteiger partial charge in [0.15, 0.2) is 23.0 Å². The zero-order valence-corrected chi connectivity index (χ0v) is 20.8. The molecule has 2 N–H and O–H groups in total. The molecular weight excluding hydrogens is 468 g/mol. The van der Waals surface area contributed by atoms with Crippen molar-refractivity contribution in [3.05, 3.63) is 70.2 Å². The van der Waals surface area contributed by atoms with Gasteiger partial charge >= 0.3 is 0 Å². The first-order valence-electron chi connectivity index (χ1n) is 10.7. The highest BCUT2D eigenvalue weighted by atomic mass is 35.5. The van der Waals surface area contributed by atoms with E-state index in [1.165, 1.54) is 7.11 Å². The minimum atomic E-state index is -0.0720. The number of anilines is 1. The van der Waals surface area contributed by atoms with Gasteiger partial charge in [-0.15, -0.1) is 0 Å². The molecule has 182 valence electrons. The number of nitrogen functional groups attached to an aromatic ring is 1. The third kappa shape index (κ3) is 6.33. The maximum atomic E-state index is 12.4. The Hall–Kier alpha value is -3.97. The molecule has 0 saturated heterocycles. The minimum Gasteiger partial charge on any atom is -0.493 e. The average molecular weight is 495 g/mol. The molecule has 0 amide bonds. The van der Waals surface area contributed by atoms with Crippen LogP contribution in [-0.4, -0.2) is 40.4 Å². The lowest BCUT2D eigenvalue weighted by Gasteiger charge is -2.13. The number of methoxy groups -OCH3 is 4. The van der Waals surface area contributed by atoms with Gasteiger partial charge in [0, 0.05) is 23.9 Å². The monoisotopic (exact) mass is 494 g/mol. The number of ketones is 1. The summed E-state index contributed by atoms with van der Waals surface area (Å²) < 4.78 is 21.6. The molecule has 0 aliphatic carbocycles. The summed E-state index contributed by atoms with van der Waals surface area (Å²) in [5.74, 6) is 1.97. The van der Waals surface area contributed by atoms with Gasteiger partial charge in [-0.3, -0.25) is 9.79 Å². The van der Waals surface area contributed by atoms with Crippen LogP contribution in [0.4, 0.5) is 11.4 Å².